The Morgan fingerprint density at radius 2 is 2.00 bits per heavy atom. The SMILES string of the molecule is CCCc1nnc(C(=O)Nc2cccc(C(=O)NC(C)CC)c2)s1. The minimum Gasteiger partial charge on any atom is -0.350 e. The van der Waals surface area contributed by atoms with Crippen LogP contribution in [0.25, 0.3) is 0 Å². The second-order valence-electron chi connectivity index (χ2n) is 5.57. The zero-order valence-electron chi connectivity index (χ0n) is 14.1. The van der Waals surface area contributed by atoms with E-state index in [-0.39, 0.29) is 17.9 Å². The summed E-state index contributed by atoms with van der Waals surface area (Å²) in [6.07, 6.45) is 2.64. The third-order valence-electron chi connectivity index (χ3n) is 3.50. The molecule has 7 heteroatoms. The number of rotatable bonds is 7. The first-order valence-electron chi connectivity index (χ1n) is 8.08. The Morgan fingerprint density at radius 1 is 1.21 bits per heavy atom. The molecule has 0 aliphatic rings. The van der Waals surface area contributed by atoms with E-state index in [0.717, 1.165) is 24.3 Å². The maximum Gasteiger partial charge on any atom is 0.286 e. The smallest absolute Gasteiger partial charge is 0.286 e. The lowest BCUT2D eigenvalue weighted by Gasteiger charge is -2.12. The molecule has 1 aromatic heterocycles. The van der Waals surface area contributed by atoms with Crippen molar-refractivity contribution in [2.45, 2.75) is 46.1 Å². The summed E-state index contributed by atoms with van der Waals surface area (Å²) in [5.74, 6) is -0.462. The van der Waals surface area contributed by atoms with Gasteiger partial charge in [0.15, 0.2) is 0 Å². The first-order chi connectivity index (χ1) is 11.5. The summed E-state index contributed by atoms with van der Waals surface area (Å²) in [5.41, 5.74) is 1.07. The summed E-state index contributed by atoms with van der Waals surface area (Å²) in [7, 11) is 0. The minimum atomic E-state index is -0.311. The highest BCUT2D eigenvalue weighted by Crippen LogP contribution is 2.16. The van der Waals surface area contributed by atoms with Crippen LogP contribution in [0.2, 0.25) is 0 Å². The van der Waals surface area contributed by atoms with Gasteiger partial charge in [-0.3, -0.25) is 9.59 Å². The molecule has 1 atom stereocenters. The van der Waals surface area contributed by atoms with Gasteiger partial charge in [-0.05, 0) is 38.0 Å². The highest BCUT2D eigenvalue weighted by atomic mass is 32.1. The number of carbonyl (C=O) groups excluding carboxylic acids is 2. The number of benzene rings is 1. The first kappa shape index (κ1) is 18.1. The van der Waals surface area contributed by atoms with Gasteiger partial charge in [-0.15, -0.1) is 10.2 Å². The Balaban J connectivity index is 2.05. The van der Waals surface area contributed by atoms with Crippen LogP contribution in [-0.2, 0) is 6.42 Å². The highest BCUT2D eigenvalue weighted by Gasteiger charge is 2.14. The molecule has 2 rings (SSSR count). The molecule has 0 fully saturated rings. The Morgan fingerprint density at radius 3 is 2.71 bits per heavy atom. The van der Waals surface area contributed by atoms with E-state index in [4.69, 9.17) is 0 Å². The lowest BCUT2D eigenvalue weighted by molar-refractivity contribution is 0.0938. The lowest BCUT2D eigenvalue weighted by Crippen LogP contribution is -2.31. The van der Waals surface area contributed by atoms with Crippen LogP contribution in [0.4, 0.5) is 5.69 Å². The third kappa shape index (κ3) is 4.86. The van der Waals surface area contributed by atoms with Crippen molar-refractivity contribution in [3.8, 4) is 0 Å². The Hall–Kier alpha value is -2.28. The van der Waals surface area contributed by atoms with Gasteiger partial charge in [-0.25, -0.2) is 0 Å². The third-order valence-corrected chi connectivity index (χ3v) is 4.48. The number of anilines is 1. The van der Waals surface area contributed by atoms with Crippen LogP contribution in [-0.4, -0.2) is 28.1 Å². The molecule has 0 saturated carbocycles. The molecule has 0 bridgehead atoms. The molecular weight excluding hydrogens is 324 g/mol. The van der Waals surface area contributed by atoms with Crippen LogP contribution in [0, 0.1) is 0 Å². The minimum absolute atomic E-state index is 0.106. The van der Waals surface area contributed by atoms with Crippen molar-refractivity contribution in [1.29, 1.82) is 0 Å². The number of aromatic nitrogens is 2. The van der Waals surface area contributed by atoms with Crippen molar-refractivity contribution in [2.24, 2.45) is 0 Å². The maximum atomic E-state index is 12.2. The van der Waals surface area contributed by atoms with E-state index in [9.17, 15) is 9.59 Å². The average molecular weight is 346 g/mol. The molecule has 1 heterocycles. The molecule has 128 valence electrons. The molecule has 0 spiro atoms. The fraction of sp³-hybridized carbons (Fsp3) is 0.412. The maximum absolute atomic E-state index is 12.2. The number of nitrogens with one attached hydrogen (secondary N) is 2. The zero-order chi connectivity index (χ0) is 17.5. The molecule has 6 nitrogen and oxygen atoms in total. The largest absolute Gasteiger partial charge is 0.350 e. The molecule has 0 aliphatic carbocycles. The van der Waals surface area contributed by atoms with Crippen molar-refractivity contribution >= 4 is 28.8 Å². The molecule has 0 radical (unpaired) electrons. The predicted molar refractivity (Wildman–Crippen MR) is 95.5 cm³/mol. The molecule has 1 aromatic carbocycles. The van der Waals surface area contributed by atoms with E-state index >= 15 is 0 Å². The lowest BCUT2D eigenvalue weighted by atomic mass is 10.1. The van der Waals surface area contributed by atoms with Crippen molar-refractivity contribution in [3.63, 3.8) is 0 Å². The number of hydrogen-bond donors (Lipinski definition) is 2. The highest BCUT2D eigenvalue weighted by molar-refractivity contribution is 7.13. The van der Waals surface area contributed by atoms with Crippen LogP contribution in [0.15, 0.2) is 24.3 Å². The van der Waals surface area contributed by atoms with Gasteiger partial charge in [0.25, 0.3) is 11.8 Å². The van der Waals surface area contributed by atoms with Crippen molar-refractivity contribution < 1.29 is 9.59 Å². The number of hydrogen-bond acceptors (Lipinski definition) is 5. The number of amides is 2. The fourth-order valence-corrected chi connectivity index (χ4v) is 2.83. The second kappa shape index (κ2) is 8.54. The molecule has 2 amide bonds. The topological polar surface area (TPSA) is 84.0 Å². The molecule has 24 heavy (non-hydrogen) atoms. The zero-order valence-corrected chi connectivity index (χ0v) is 14.9. The molecule has 0 aliphatic heterocycles. The van der Waals surface area contributed by atoms with Crippen LogP contribution in [0.3, 0.4) is 0 Å². The second-order valence-corrected chi connectivity index (χ2v) is 6.63. The van der Waals surface area contributed by atoms with Crippen LogP contribution >= 0.6 is 11.3 Å². The van der Waals surface area contributed by atoms with Crippen molar-refractivity contribution in [2.75, 3.05) is 5.32 Å². The summed E-state index contributed by atoms with van der Waals surface area (Å²) >= 11 is 1.29. The predicted octanol–water partition coefficient (Wildman–Crippen LogP) is 3.27. The van der Waals surface area contributed by atoms with Crippen LogP contribution in [0.1, 0.15) is 58.8 Å². The van der Waals surface area contributed by atoms with Crippen molar-refractivity contribution in [3.05, 3.63) is 39.8 Å². The summed E-state index contributed by atoms with van der Waals surface area (Å²) < 4.78 is 0. The Labute approximate surface area is 145 Å². The van der Waals surface area contributed by atoms with Gasteiger partial charge >= 0.3 is 0 Å². The summed E-state index contributed by atoms with van der Waals surface area (Å²) in [4.78, 5) is 24.4. The number of aryl methyl sites for hydroxylation is 1. The van der Waals surface area contributed by atoms with E-state index in [1.165, 1.54) is 11.3 Å². The van der Waals surface area contributed by atoms with Crippen molar-refractivity contribution in [1.82, 2.24) is 15.5 Å². The molecule has 2 N–H and O–H groups in total. The van der Waals surface area contributed by atoms with E-state index in [0.29, 0.717) is 16.3 Å². The fourth-order valence-electron chi connectivity index (χ4n) is 1.99. The number of nitrogens with zero attached hydrogens (tertiary/aromatic N) is 2. The van der Waals surface area contributed by atoms with Gasteiger partial charge < -0.3 is 10.6 Å². The van der Waals surface area contributed by atoms with E-state index < -0.39 is 0 Å². The van der Waals surface area contributed by atoms with Gasteiger partial charge in [0.05, 0.1) is 0 Å². The molecule has 0 saturated heterocycles. The van der Waals surface area contributed by atoms with E-state index in [1.807, 2.05) is 13.8 Å². The summed E-state index contributed by atoms with van der Waals surface area (Å²) in [6, 6.07) is 6.96. The monoisotopic (exact) mass is 346 g/mol. The normalized spacial score (nSPS) is 11.8. The van der Waals surface area contributed by atoms with Gasteiger partial charge in [0.2, 0.25) is 5.01 Å². The quantitative estimate of drug-likeness (QED) is 0.806. The van der Waals surface area contributed by atoms with Gasteiger partial charge in [-0.1, -0.05) is 31.3 Å². The van der Waals surface area contributed by atoms with Gasteiger partial charge in [0, 0.05) is 23.7 Å². The van der Waals surface area contributed by atoms with Crippen LogP contribution in [0.5, 0.6) is 0 Å². The number of carbonyl (C=O) groups is 2. The van der Waals surface area contributed by atoms with Crippen LogP contribution < -0.4 is 10.6 Å². The summed E-state index contributed by atoms with van der Waals surface area (Å²) in [6.45, 7) is 6.01. The summed E-state index contributed by atoms with van der Waals surface area (Å²) in [5, 5.41) is 14.8. The van der Waals surface area contributed by atoms with E-state index in [2.05, 4.69) is 27.8 Å². The first-order valence-corrected chi connectivity index (χ1v) is 8.89. The Kier molecular flexibility index (Phi) is 6.43. The molecule has 2 aromatic rings. The standard InChI is InChI=1S/C17H22N4O2S/c1-4-7-14-20-21-17(24-14)16(23)19-13-9-6-8-12(10-13)15(22)18-11(3)5-2/h6,8-11H,4-5,7H2,1-3H3,(H,18,22)(H,19,23). The van der Waals surface area contributed by atoms with Gasteiger partial charge in [0.1, 0.15) is 5.01 Å². The Bertz CT molecular complexity index is 714. The van der Waals surface area contributed by atoms with E-state index in [1.54, 1.807) is 24.3 Å². The molecular formula is C17H22N4O2S. The van der Waals surface area contributed by atoms with Gasteiger partial charge in [-0.2, -0.15) is 0 Å². The molecule has 1 unspecified atom stereocenters. The average Bonchev–Trinajstić information content (AvgIpc) is 3.04.